The average molecular weight is 515 g/mol. The van der Waals surface area contributed by atoms with Crippen LogP contribution in [0.1, 0.15) is 41.0 Å². The number of hydrogen-bond donors (Lipinski definition) is 1. The third-order valence-corrected chi connectivity index (χ3v) is 8.03. The lowest BCUT2D eigenvalue weighted by atomic mass is 9.55. The number of nitrogens with zero attached hydrogens (tertiary/aromatic N) is 1. The standard InChI is InChI=1S/C29H23ClN2O5/c1-15(29(36)37-14-22(33)31-21-13-7-6-12-20(21)30)32-27(34)25-23-16-8-2-3-9-17(16)24(26(25)28(32)35)19-11-5-4-10-18(19)23/h2-13,15,23-26H,14H2,1H3,(H,31,33)/t15-,23?,24?,25+,26+/m1/s1. The maximum atomic E-state index is 13.7. The molecule has 2 bridgehead atoms. The van der Waals surface area contributed by atoms with Gasteiger partial charge in [-0.3, -0.25) is 19.3 Å². The summed E-state index contributed by atoms with van der Waals surface area (Å²) in [6, 6.07) is 21.4. The number of carbonyl (C=O) groups excluding carboxylic acids is 4. The van der Waals surface area contributed by atoms with Crippen LogP contribution in [0.25, 0.3) is 0 Å². The van der Waals surface area contributed by atoms with Crippen LogP contribution in [-0.4, -0.2) is 41.2 Å². The molecule has 3 aromatic rings. The first-order valence-electron chi connectivity index (χ1n) is 12.1. The number of ether oxygens (including phenoxy) is 1. The molecule has 3 aromatic carbocycles. The van der Waals surface area contributed by atoms with Crippen LogP contribution in [0.15, 0.2) is 72.8 Å². The number of para-hydroxylation sites is 1. The van der Waals surface area contributed by atoms with Gasteiger partial charge >= 0.3 is 5.97 Å². The summed E-state index contributed by atoms with van der Waals surface area (Å²) in [5.41, 5.74) is 4.62. The summed E-state index contributed by atoms with van der Waals surface area (Å²) in [6.07, 6.45) is 0. The summed E-state index contributed by atoms with van der Waals surface area (Å²) in [5, 5.41) is 2.93. The quantitative estimate of drug-likeness (QED) is 0.409. The van der Waals surface area contributed by atoms with E-state index in [2.05, 4.69) is 5.32 Å². The minimum atomic E-state index is -1.16. The van der Waals surface area contributed by atoms with Crippen LogP contribution in [-0.2, 0) is 23.9 Å². The number of rotatable bonds is 5. The molecule has 3 aliphatic carbocycles. The van der Waals surface area contributed by atoms with Gasteiger partial charge < -0.3 is 10.1 Å². The third-order valence-electron chi connectivity index (χ3n) is 7.70. The van der Waals surface area contributed by atoms with E-state index in [4.69, 9.17) is 16.3 Å². The number of halogens is 1. The van der Waals surface area contributed by atoms with Crippen molar-refractivity contribution in [3.63, 3.8) is 0 Å². The summed E-state index contributed by atoms with van der Waals surface area (Å²) >= 11 is 6.05. The maximum absolute atomic E-state index is 13.7. The average Bonchev–Trinajstić information content (AvgIpc) is 3.18. The smallest absolute Gasteiger partial charge is 0.329 e. The minimum absolute atomic E-state index is 0.256. The van der Waals surface area contributed by atoms with Gasteiger partial charge in [0.25, 0.3) is 5.91 Å². The maximum Gasteiger partial charge on any atom is 0.329 e. The zero-order valence-electron chi connectivity index (χ0n) is 19.9. The van der Waals surface area contributed by atoms with E-state index in [-0.39, 0.29) is 23.7 Å². The van der Waals surface area contributed by atoms with Crippen LogP contribution in [0.3, 0.4) is 0 Å². The van der Waals surface area contributed by atoms with E-state index < -0.39 is 36.4 Å². The van der Waals surface area contributed by atoms with E-state index in [0.29, 0.717) is 10.7 Å². The number of carbonyl (C=O) groups is 4. The second-order valence-electron chi connectivity index (χ2n) is 9.62. The van der Waals surface area contributed by atoms with Crippen molar-refractivity contribution in [3.05, 3.63) is 100 Å². The molecule has 7 rings (SSSR count). The molecule has 3 amide bonds. The van der Waals surface area contributed by atoms with Gasteiger partial charge in [-0.25, -0.2) is 4.79 Å². The molecule has 0 radical (unpaired) electrons. The summed E-state index contributed by atoms with van der Waals surface area (Å²) < 4.78 is 5.19. The van der Waals surface area contributed by atoms with Crippen molar-refractivity contribution < 1.29 is 23.9 Å². The first kappa shape index (κ1) is 23.4. The number of esters is 1. The molecular weight excluding hydrogens is 492 g/mol. The molecule has 0 saturated carbocycles. The van der Waals surface area contributed by atoms with Gasteiger partial charge in [0.2, 0.25) is 11.8 Å². The number of imide groups is 1. The summed E-state index contributed by atoms with van der Waals surface area (Å²) in [7, 11) is 0. The van der Waals surface area contributed by atoms with E-state index in [1.807, 2.05) is 48.5 Å². The van der Waals surface area contributed by atoms with Gasteiger partial charge in [0.1, 0.15) is 6.04 Å². The van der Waals surface area contributed by atoms with Gasteiger partial charge in [-0.05, 0) is 41.3 Å². The van der Waals surface area contributed by atoms with E-state index in [1.54, 1.807) is 24.3 Å². The van der Waals surface area contributed by atoms with Gasteiger partial charge in [-0.1, -0.05) is 72.3 Å². The van der Waals surface area contributed by atoms with Crippen LogP contribution in [0.4, 0.5) is 5.69 Å². The molecule has 186 valence electrons. The Morgan fingerprint density at radius 3 is 1.78 bits per heavy atom. The highest BCUT2D eigenvalue weighted by molar-refractivity contribution is 6.33. The van der Waals surface area contributed by atoms with Gasteiger partial charge in [-0.2, -0.15) is 0 Å². The Kier molecular flexibility index (Phi) is 5.60. The molecule has 37 heavy (non-hydrogen) atoms. The zero-order valence-corrected chi connectivity index (χ0v) is 20.6. The van der Waals surface area contributed by atoms with Crippen molar-refractivity contribution in [1.82, 2.24) is 4.90 Å². The van der Waals surface area contributed by atoms with Crippen LogP contribution in [0, 0.1) is 11.8 Å². The van der Waals surface area contributed by atoms with Crippen LogP contribution >= 0.6 is 11.6 Å². The lowest BCUT2D eigenvalue weighted by molar-refractivity contribution is -0.159. The highest BCUT2D eigenvalue weighted by Crippen LogP contribution is 2.61. The Morgan fingerprint density at radius 1 is 0.838 bits per heavy atom. The molecule has 1 saturated heterocycles. The summed E-state index contributed by atoms with van der Waals surface area (Å²) in [5.74, 6) is -3.83. The Morgan fingerprint density at radius 2 is 1.30 bits per heavy atom. The molecule has 8 heteroatoms. The third kappa shape index (κ3) is 3.56. The van der Waals surface area contributed by atoms with Crippen molar-refractivity contribution in [2.45, 2.75) is 24.8 Å². The first-order chi connectivity index (χ1) is 17.9. The molecule has 4 aliphatic rings. The van der Waals surface area contributed by atoms with Gasteiger partial charge in [0.15, 0.2) is 6.61 Å². The van der Waals surface area contributed by atoms with Crippen molar-refractivity contribution in [1.29, 1.82) is 0 Å². The SMILES string of the molecule is C[C@H](C(=O)OCC(=O)Nc1ccccc1Cl)N1C(=O)[C@H]2C3c4ccccc4C(c4ccccc43)[C@@H]2C1=O. The van der Waals surface area contributed by atoms with Gasteiger partial charge in [0.05, 0.1) is 22.5 Å². The van der Waals surface area contributed by atoms with Gasteiger partial charge in [-0.15, -0.1) is 0 Å². The zero-order chi connectivity index (χ0) is 25.8. The largest absolute Gasteiger partial charge is 0.454 e. The topological polar surface area (TPSA) is 92.8 Å². The van der Waals surface area contributed by atoms with Crippen LogP contribution < -0.4 is 5.32 Å². The predicted molar refractivity (Wildman–Crippen MR) is 136 cm³/mol. The van der Waals surface area contributed by atoms with Crippen LogP contribution in [0.5, 0.6) is 0 Å². The molecule has 0 unspecified atom stereocenters. The molecule has 1 N–H and O–H groups in total. The fourth-order valence-electron chi connectivity index (χ4n) is 6.19. The molecular formula is C29H23ClN2O5. The normalized spacial score (nSPS) is 23.7. The van der Waals surface area contributed by atoms with E-state index in [1.165, 1.54) is 6.92 Å². The molecule has 3 atom stereocenters. The molecule has 7 nitrogen and oxygen atoms in total. The van der Waals surface area contributed by atoms with Crippen molar-refractivity contribution >= 4 is 41.0 Å². The highest BCUT2D eigenvalue weighted by Gasteiger charge is 2.62. The summed E-state index contributed by atoms with van der Waals surface area (Å²) in [6.45, 7) is 0.892. The Labute approximate surface area is 218 Å². The number of anilines is 1. The molecule has 0 aromatic heterocycles. The number of amides is 3. The molecule has 0 spiro atoms. The lowest BCUT2D eigenvalue weighted by Crippen LogP contribution is -2.45. The molecule has 1 aliphatic heterocycles. The number of nitrogens with one attached hydrogen (secondary N) is 1. The highest BCUT2D eigenvalue weighted by atomic mass is 35.5. The second-order valence-corrected chi connectivity index (χ2v) is 10.0. The van der Waals surface area contributed by atoms with Gasteiger partial charge in [0, 0.05) is 11.8 Å². The minimum Gasteiger partial charge on any atom is -0.454 e. The number of hydrogen-bond acceptors (Lipinski definition) is 5. The van der Waals surface area contributed by atoms with Crippen LogP contribution in [0.2, 0.25) is 5.02 Å². The van der Waals surface area contributed by atoms with Crippen molar-refractivity contribution in [3.8, 4) is 0 Å². The first-order valence-corrected chi connectivity index (χ1v) is 12.5. The van der Waals surface area contributed by atoms with Crippen molar-refractivity contribution in [2.75, 3.05) is 11.9 Å². The molecule has 1 heterocycles. The van der Waals surface area contributed by atoms with E-state index in [9.17, 15) is 19.2 Å². The Balaban J connectivity index is 1.22. The Hall–Kier alpha value is -3.97. The van der Waals surface area contributed by atoms with Crippen molar-refractivity contribution in [2.24, 2.45) is 11.8 Å². The second kappa shape index (κ2) is 8.85. The van der Waals surface area contributed by atoms with E-state index in [0.717, 1.165) is 27.2 Å². The molecule has 1 fully saturated rings. The monoisotopic (exact) mass is 514 g/mol. The van der Waals surface area contributed by atoms with E-state index >= 15 is 0 Å². The fourth-order valence-corrected chi connectivity index (χ4v) is 6.38. The number of likely N-dealkylation sites (tertiary alicyclic amines) is 1. The number of benzene rings is 3. The summed E-state index contributed by atoms with van der Waals surface area (Å²) in [4.78, 5) is 53.7. The fraction of sp³-hybridized carbons (Fsp3) is 0.241. The lowest BCUT2D eigenvalue weighted by Gasteiger charge is -2.45. The Bertz CT molecular complexity index is 1350. The predicted octanol–water partition coefficient (Wildman–Crippen LogP) is 4.10.